The molecule has 0 saturated heterocycles. The van der Waals surface area contributed by atoms with E-state index in [1.165, 1.54) is 59.3 Å². The van der Waals surface area contributed by atoms with Crippen LogP contribution in [0.25, 0.3) is 44.3 Å². The monoisotopic (exact) mass is 912 g/mol. The topological polar surface area (TPSA) is 186 Å². The molecule has 314 valence electrons. The number of ether oxygens (including phenoxy) is 4. The fourth-order valence-corrected chi connectivity index (χ4v) is 7.89. The summed E-state index contributed by atoms with van der Waals surface area (Å²) in [6, 6.07) is 13.2. The number of halogens is 4. The maximum absolute atomic E-state index is 13.2. The van der Waals surface area contributed by atoms with Gasteiger partial charge < -0.3 is 33.9 Å². The zero-order valence-electron chi connectivity index (χ0n) is 33.0. The maximum Gasteiger partial charge on any atom is 0.337 e. The van der Waals surface area contributed by atoms with Crippen molar-refractivity contribution in [1.29, 1.82) is 0 Å². The van der Waals surface area contributed by atoms with E-state index >= 15 is 0 Å². The molecule has 8 rings (SSSR count). The van der Waals surface area contributed by atoms with Crippen LogP contribution in [0.2, 0.25) is 20.1 Å². The van der Waals surface area contributed by atoms with Gasteiger partial charge in [0.2, 0.25) is 0 Å². The number of anilines is 1. The number of rotatable bonds is 11. The number of benzene rings is 4. The predicted octanol–water partition coefficient (Wildman–Crippen LogP) is 9.83. The standard InChI is InChI=1S/C26H20Cl2N6O3.C17H12Cl2N2O4/c1-36-18-11-19(37-2)23(28)21(22(18)27)16-4-5-17(25-24(16)30-7-8-31-25)26(35)33-20-6-3-15(12-32-20)13-34-10-9-29-14-34;1-24-10-7-11(25-2)14(19)12(13(10)18)8-3-4-9(17(22)23)16-15(8)20-5-6-21-16/h3-12,14H,13H2,1-2H3,(H,32,33,35);3-7H,1-2H3,(H,22,23). The second-order valence-corrected chi connectivity index (χ2v) is 14.5. The maximum atomic E-state index is 13.2. The number of carboxylic acid groups (broad SMARTS) is 1. The summed E-state index contributed by atoms with van der Waals surface area (Å²) in [4.78, 5) is 50.4. The molecule has 1 amide bonds. The summed E-state index contributed by atoms with van der Waals surface area (Å²) >= 11 is 26.2. The Morgan fingerprint density at radius 3 is 1.50 bits per heavy atom. The highest BCUT2D eigenvalue weighted by Gasteiger charge is 2.25. The quantitative estimate of drug-likeness (QED) is 0.125. The molecule has 0 spiro atoms. The van der Waals surface area contributed by atoms with Crippen LogP contribution in [0.15, 0.2) is 98.2 Å². The number of nitrogens with zero attached hydrogens (tertiary/aromatic N) is 7. The Hall–Kier alpha value is -6.78. The lowest BCUT2D eigenvalue weighted by molar-refractivity contribution is 0.0698. The van der Waals surface area contributed by atoms with Gasteiger partial charge in [-0.2, -0.15) is 0 Å². The number of amides is 1. The molecule has 4 aromatic heterocycles. The fourth-order valence-electron chi connectivity index (χ4n) is 6.48. The van der Waals surface area contributed by atoms with Crippen molar-refractivity contribution in [2.75, 3.05) is 33.8 Å². The first-order chi connectivity index (χ1) is 30.0. The molecule has 0 fully saturated rings. The first kappa shape index (κ1) is 43.3. The lowest BCUT2D eigenvalue weighted by Gasteiger charge is -2.16. The van der Waals surface area contributed by atoms with Crippen molar-refractivity contribution in [2.24, 2.45) is 0 Å². The minimum absolute atomic E-state index is 0.0361. The molecule has 0 aliphatic carbocycles. The van der Waals surface area contributed by atoms with Crippen LogP contribution in [0, 0.1) is 0 Å². The number of carboxylic acids is 1. The van der Waals surface area contributed by atoms with E-state index in [2.05, 4.69) is 35.2 Å². The van der Waals surface area contributed by atoms with Crippen molar-refractivity contribution in [3.8, 4) is 45.3 Å². The summed E-state index contributed by atoms with van der Waals surface area (Å²) < 4.78 is 23.3. The number of fused-ring (bicyclic) bond motifs is 2. The Balaban J connectivity index is 0.000000201. The van der Waals surface area contributed by atoms with E-state index in [4.69, 9.17) is 65.4 Å². The molecule has 0 aliphatic rings. The molecule has 0 saturated carbocycles. The van der Waals surface area contributed by atoms with E-state index in [1.54, 1.807) is 55.1 Å². The molecule has 19 heteroatoms. The summed E-state index contributed by atoms with van der Waals surface area (Å²) in [7, 11) is 5.96. The van der Waals surface area contributed by atoms with Crippen LogP contribution in [0.3, 0.4) is 0 Å². The average Bonchev–Trinajstić information content (AvgIpc) is 3.80. The van der Waals surface area contributed by atoms with Gasteiger partial charge in [0.1, 0.15) is 39.8 Å². The Kier molecular flexibility index (Phi) is 13.2. The summed E-state index contributed by atoms with van der Waals surface area (Å²) in [5.41, 5.74) is 4.75. The van der Waals surface area contributed by atoms with Crippen LogP contribution in [-0.4, -0.2) is 79.9 Å². The van der Waals surface area contributed by atoms with Crippen LogP contribution < -0.4 is 24.3 Å². The molecule has 0 aliphatic heterocycles. The highest BCUT2D eigenvalue weighted by atomic mass is 35.5. The van der Waals surface area contributed by atoms with Gasteiger partial charge in [0, 0.05) is 84.3 Å². The van der Waals surface area contributed by atoms with Crippen molar-refractivity contribution in [2.45, 2.75) is 6.54 Å². The highest BCUT2D eigenvalue weighted by Crippen LogP contribution is 2.49. The van der Waals surface area contributed by atoms with E-state index in [-0.39, 0.29) is 37.1 Å². The van der Waals surface area contributed by atoms with Gasteiger partial charge in [-0.05, 0) is 23.8 Å². The van der Waals surface area contributed by atoms with Crippen LogP contribution in [0.4, 0.5) is 5.82 Å². The first-order valence-corrected chi connectivity index (χ1v) is 19.6. The van der Waals surface area contributed by atoms with Gasteiger partial charge in [0.05, 0.1) is 77.0 Å². The summed E-state index contributed by atoms with van der Waals surface area (Å²) in [5, 5.41) is 13.3. The van der Waals surface area contributed by atoms with Crippen LogP contribution in [0.1, 0.15) is 26.3 Å². The number of methoxy groups -OCH3 is 4. The van der Waals surface area contributed by atoms with Gasteiger partial charge >= 0.3 is 5.97 Å². The van der Waals surface area contributed by atoms with E-state index in [0.717, 1.165) is 5.56 Å². The summed E-state index contributed by atoms with van der Waals surface area (Å²) in [6.07, 6.45) is 13.0. The van der Waals surface area contributed by atoms with Crippen molar-refractivity contribution in [3.63, 3.8) is 0 Å². The van der Waals surface area contributed by atoms with Crippen molar-refractivity contribution >= 4 is 86.2 Å². The third kappa shape index (κ3) is 8.56. The largest absolute Gasteiger partial charge is 0.495 e. The molecule has 2 N–H and O–H groups in total. The van der Waals surface area contributed by atoms with Gasteiger partial charge in [-0.1, -0.05) is 64.6 Å². The second kappa shape index (κ2) is 18.9. The third-order valence-electron chi connectivity index (χ3n) is 9.40. The van der Waals surface area contributed by atoms with Crippen LogP contribution in [-0.2, 0) is 6.54 Å². The number of pyridine rings is 1. The third-order valence-corrected chi connectivity index (χ3v) is 10.9. The number of aromatic nitrogens is 7. The van der Waals surface area contributed by atoms with Crippen molar-refractivity contribution in [3.05, 3.63) is 135 Å². The van der Waals surface area contributed by atoms with Gasteiger partial charge in [-0.25, -0.2) is 14.8 Å². The van der Waals surface area contributed by atoms with E-state index in [1.807, 2.05) is 16.8 Å². The molecule has 0 radical (unpaired) electrons. The van der Waals surface area contributed by atoms with Crippen molar-refractivity contribution < 1.29 is 33.6 Å². The number of hydrogen-bond acceptors (Lipinski definition) is 12. The zero-order chi connectivity index (χ0) is 44.1. The first-order valence-electron chi connectivity index (χ1n) is 18.1. The molecule has 0 unspecified atom stereocenters. The lowest BCUT2D eigenvalue weighted by Crippen LogP contribution is -2.14. The Bertz CT molecular complexity index is 2920. The van der Waals surface area contributed by atoms with Crippen LogP contribution >= 0.6 is 46.4 Å². The summed E-state index contributed by atoms with van der Waals surface area (Å²) in [6.45, 7) is 0.628. The van der Waals surface area contributed by atoms with E-state index < -0.39 is 5.97 Å². The molecule has 15 nitrogen and oxygen atoms in total. The normalized spacial score (nSPS) is 10.8. The molecule has 4 aromatic carbocycles. The predicted molar refractivity (Wildman–Crippen MR) is 237 cm³/mol. The number of hydrogen-bond donors (Lipinski definition) is 2. The molecule has 0 atom stereocenters. The zero-order valence-corrected chi connectivity index (χ0v) is 36.0. The smallest absolute Gasteiger partial charge is 0.337 e. The SMILES string of the molecule is COc1cc(OC)c(Cl)c(-c2ccc(C(=O)Nc3ccc(Cn4ccnc4)cn3)c3nccnc23)c1Cl.COc1cc(OC)c(Cl)c(-c2ccc(C(=O)O)c3nccnc23)c1Cl. The fraction of sp³-hybridized carbons (Fsp3) is 0.116. The minimum atomic E-state index is -1.10. The van der Waals surface area contributed by atoms with Gasteiger partial charge in [-0.15, -0.1) is 0 Å². The minimum Gasteiger partial charge on any atom is -0.495 e. The molecule has 8 aromatic rings. The highest BCUT2D eigenvalue weighted by molar-refractivity contribution is 6.42. The van der Waals surface area contributed by atoms with Gasteiger partial charge in [-0.3, -0.25) is 24.7 Å². The Morgan fingerprint density at radius 2 is 1.08 bits per heavy atom. The molecular weight excluding hydrogens is 882 g/mol. The molecule has 4 heterocycles. The number of nitrogens with one attached hydrogen (secondary N) is 1. The van der Waals surface area contributed by atoms with E-state index in [9.17, 15) is 14.7 Å². The number of aromatic carboxylic acids is 1. The second-order valence-electron chi connectivity index (χ2n) is 12.9. The van der Waals surface area contributed by atoms with Gasteiger partial charge in [0.25, 0.3) is 5.91 Å². The molecule has 62 heavy (non-hydrogen) atoms. The average molecular weight is 915 g/mol. The number of imidazole rings is 1. The number of carbonyl (C=O) groups excluding carboxylic acids is 1. The van der Waals surface area contributed by atoms with Crippen LogP contribution in [0.5, 0.6) is 23.0 Å². The number of carbonyl (C=O) groups is 2. The Morgan fingerprint density at radius 1 is 0.613 bits per heavy atom. The lowest BCUT2D eigenvalue weighted by atomic mass is 9.99. The van der Waals surface area contributed by atoms with Gasteiger partial charge in [0.15, 0.2) is 0 Å². The molecule has 0 bridgehead atoms. The van der Waals surface area contributed by atoms with Crippen molar-refractivity contribution in [1.82, 2.24) is 34.5 Å². The van der Waals surface area contributed by atoms with E-state index in [0.29, 0.717) is 79.7 Å². The molecular formula is C43H32Cl4N8O7. The Labute approximate surface area is 373 Å². The summed E-state index contributed by atoms with van der Waals surface area (Å²) in [5.74, 6) is 0.446.